The summed E-state index contributed by atoms with van der Waals surface area (Å²) >= 11 is 3.17. The third-order valence-corrected chi connectivity index (χ3v) is 5.91. The van der Waals surface area contributed by atoms with Gasteiger partial charge in [-0.15, -0.1) is 21.5 Å². The number of nitrogens with zero attached hydrogens (tertiary/aromatic N) is 4. The van der Waals surface area contributed by atoms with Crippen LogP contribution in [-0.2, 0) is 0 Å². The molecular weight excluding hydrogens is 328 g/mol. The molecule has 0 spiro atoms. The van der Waals surface area contributed by atoms with Crippen molar-refractivity contribution >= 4 is 33.7 Å². The summed E-state index contributed by atoms with van der Waals surface area (Å²) in [5, 5.41) is 12.3. The number of rotatable bonds is 5. The lowest BCUT2D eigenvalue weighted by atomic mass is 10.0. The molecule has 1 amide bonds. The summed E-state index contributed by atoms with van der Waals surface area (Å²) in [4.78, 5) is 18.0. The molecule has 0 atom stereocenters. The number of carbonyl (C=O) groups is 1. The van der Waals surface area contributed by atoms with Crippen LogP contribution < -0.4 is 4.90 Å². The van der Waals surface area contributed by atoms with Crippen molar-refractivity contribution in [3.63, 3.8) is 0 Å². The molecule has 2 aromatic rings. The fourth-order valence-electron chi connectivity index (χ4n) is 3.02. The van der Waals surface area contributed by atoms with E-state index in [1.807, 2.05) is 24.4 Å². The Morgan fingerprint density at radius 3 is 2.74 bits per heavy atom. The topological polar surface area (TPSA) is 49.3 Å². The average Bonchev–Trinajstić information content (AvgIpc) is 3.24. The van der Waals surface area contributed by atoms with E-state index in [1.165, 1.54) is 11.3 Å². The van der Waals surface area contributed by atoms with Gasteiger partial charge in [-0.25, -0.2) is 0 Å². The van der Waals surface area contributed by atoms with Crippen LogP contribution in [0.4, 0.5) is 5.13 Å². The zero-order valence-electron chi connectivity index (χ0n) is 13.6. The van der Waals surface area contributed by atoms with Gasteiger partial charge >= 0.3 is 0 Å². The molecule has 2 aromatic heterocycles. The molecule has 124 valence electrons. The normalized spacial score (nSPS) is 15.8. The van der Waals surface area contributed by atoms with Gasteiger partial charge in [0.25, 0.3) is 5.91 Å². The number of hydrogen-bond donors (Lipinski definition) is 0. The first-order chi connectivity index (χ1) is 11.2. The summed E-state index contributed by atoms with van der Waals surface area (Å²) in [5.74, 6) is 0.187. The minimum Gasteiger partial charge on any atom is -0.347 e. The third kappa shape index (κ3) is 3.72. The van der Waals surface area contributed by atoms with Gasteiger partial charge in [-0.3, -0.25) is 4.79 Å². The van der Waals surface area contributed by atoms with Crippen LogP contribution in [0.3, 0.4) is 0 Å². The van der Waals surface area contributed by atoms with E-state index in [0.29, 0.717) is 6.04 Å². The average molecular weight is 351 g/mol. The standard InChI is InChI=1S/C16H22N4OS2/c1-3-8-20(15(21)14-5-4-11-22-14)13-6-9-19(10-7-13)16-18-17-12(2)23-16/h4-5,11,13H,3,6-10H2,1-2H3. The Bertz CT molecular complexity index is 632. The molecule has 0 aromatic carbocycles. The first-order valence-corrected chi connectivity index (χ1v) is 9.78. The molecule has 0 N–H and O–H groups in total. The molecule has 5 nitrogen and oxygen atoms in total. The van der Waals surface area contributed by atoms with Gasteiger partial charge in [0.2, 0.25) is 5.13 Å². The predicted octanol–water partition coefficient (Wildman–Crippen LogP) is 3.43. The maximum Gasteiger partial charge on any atom is 0.264 e. The summed E-state index contributed by atoms with van der Waals surface area (Å²) in [6.07, 6.45) is 2.98. The third-order valence-electron chi connectivity index (χ3n) is 4.15. The van der Waals surface area contributed by atoms with Crippen LogP contribution >= 0.6 is 22.7 Å². The molecule has 1 saturated heterocycles. The molecule has 1 aliphatic heterocycles. The molecular formula is C16H22N4OS2. The highest BCUT2D eigenvalue weighted by Gasteiger charge is 2.29. The highest BCUT2D eigenvalue weighted by Crippen LogP contribution is 2.26. The van der Waals surface area contributed by atoms with Gasteiger partial charge in [0.05, 0.1) is 4.88 Å². The molecule has 0 radical (unpaired) electrons. The number of piperidine rings is 1. The molecule has 3 rings (SSSR count). The predicted molar refractivity (Wildman–Crippen MR) is 95.5 cm³/mol. The summed E-state index contributed by atoms with van der Waals surface area (Å²) in [6, 6.07) is 4.20. The van der Waals surface area contributed by atoms with Crippen molar-refractivity contribution in [2.75, 3.05) is 24.5 Å². The van der Waals surface area contributed by atoms with E-state index in [0.717, 1.165) is 53.9 Å². The fraction of sp³-hybridized carbons (Fsp3) is 0.562. The smallest absolute Gasteiger partial charge is 0.264 e. The minimum absolute atomic E-state index is 0.187. The summed E-state index contributed by atoms with van der Waals surface area (Å²) < 4.78 is 0. The van der Waals surface area contributed by atoms with E-state index < -0.39 is 0 Å². The van der Waals surface area contributed by atoms with Gasteiger partial charge in [-0.05, 0) is 37.6 Å². The number of carbonyl (C=O) groups excluding carboxylic acids is 1. The second kappa shape index (κ2) is 7.40. The van der Waals surface area contributed by atoms with Crippen molar-refractivity contribution in [3.05, 3.63) is 27.4 Å². The number of aryl methyl sites for hydroxylation is 1. The fourth-order valence-corrected chi connectivity index (χ4v) is 4.43. The molecule has 0 saturated carbocycles. The second-order valence-corrected chi connectivity index (χ2v) is 7.91. The number of amides is 1. The number of anilines is 1. The maximum absolute atomic E-state index is 12.8. The van der Waals surface area contributed by atoms with Gasteiger partial charge in [-0.2, -0.15) is 0 Å². The molecule has 0 aliphatic carbocycles. The quantitative estimate of drug-likeness (QED) is 0.829. The van der Waals surface area contributed by atoms with Crippen LogP contribution in [0, 0.1) is 6.92 Å². The number of thiophene rings is 1. The number of hydrogen-bond acceptors (Lipinski definition) is 6. The zero-order valence-corrected chi connectivity index (χ0v) is 15.2. The highest BCUT2D eigenvalue weighted by molar-refractivity contribution is 7.15. The largest absolute Gasteiger partial charge is 0.347 e. The Hall–Kier alpha value is -1.47. The molecule has 1 aliphatic rings. The molecule has 7 heteroatoms. The van der Waals surface area contributed by atoms with Crippen molar-refractivity contribution < 1.29 is 4.79 Å². The van der Waals surface area contributed by atoms with Crippen LogP contribution in [-0.4, -0.2) is 46.7 Å². The molecule has 0 unspecified atom stereocenters. The number of aromatic nitrogens is 2. The lowest BCUT2D eigenvalue weighted by molar-refractivity contribution is 0.0655. The summed E-state index contributed by atoms with van der Waals surface area (Å²) in [7, 11) is 0. The van der Waals surface area contributed by atoms with Crippen LogP contribution in [0.2, 0.25) is 0 Å². The van der Waals surface area contributed by atoms with Gasteiger partial charge in [0.1, 0.15) is 5.01 Å². The Balaban J connectivity index is 1.65. The Morgan fingerprint density at radius 2 is 2.17 bits per heavy atom. The second-order valence-electron chi connectivity index (χ2n) is 5.80. The van der Waals surface area contributed by atoms with Gasteiger partial charge in [0.15, 0.2) is 0 Å². The van der Waals surface area contributed by atoms with Gasteiger partial charge < -0.3 is 9.80 Å². The monoisotopic (exact) mass is 350 g/mol. The molecule has 1 fully saturated rings. The van der Waals surface area contributed by atoms with Crippen molar-refractivity contribution in [3.8, 4) is 0 Å². The van der Waals surface area contributed by atoms with Crippen molar-refractivity contribution in [1.29, 1.82) is 0 Å². The SMILES string of the molecule is CCCN(C(=O)c1cccs1)C1CCN(c2nnc(C)s2)CC1. The van der Waals surface area contributed by atoms with Gasteiger partial charge in [0, 0.05) is 25.7 Å². The Morgan fingerprint density at radius 1 is 1.39 bits per heavy atom. The van der Waals surface area contributed by atoms with Crippen molar-refractivity contribution in [1.82, 2.24) is 15.1 Å². The van der Waals surface area contributed by atoms with E-state index in [4.69, 9.17) is 0 Å². The molecule has 0 bridgehead atoms. The van der Waals surface area contributed by atoms with Crippen LogP contribution in [0.15, 0.2) is 17.5 Å². The van der Waals surface area contributed by atoms with Crippen LogP contribution in [0.5, 0.6) is 0 Å². The maximum atomic E-state index is 12.8. The first-order valence-electron chi connectivity index (χ1n) is 8.08. The summed E-state index contributed by atoms with van der Waals surface area (Å²) in [6.45, 7) is 6.83. The zero-order chi connectivity index (χ0) is 16.2. The van der Waals surface area contributed by atoms with E-state index in [-0.39, 0.29) is 5.91 Å². The van der Waals surface area contributed by atoms with E-state index >= 15 is 0 Å². The Labute approximate surface area is 145 Å². The van der Waals surface area contributed by atoms with E-state index in [2.05, 4.69) is 26.9 Å². The van der Waals surface area contributed by atoms with Crippen molar-refractivity contribution in [2.24, 2.45) is 0 Å². The first kappa shape index (κ1) is 16.4. The lowest BCUT2D eigenvalue weighted by Gasteiger charge is -2.38. The Kier molecular flexibility index (Phi) is 5.27. The van der Waals surface area contributed by atoms with E-state index in [1.54, 1.807) is 11.3 Å². The summed E-state index contributed by atoms with van der Waals surface area (Å²) in [5.41, 5.74) is 0. The van der Waals surface area contributed by atoms with Gasteiger partial charge in [-0.1, -0.05) is 24.3 Å². The minimum atomic E-state index is 0.187. The molecule has 23 heavy (non-hydrogen) atoms. The van der Waals surface area contributed by atoms with Crippen LogP contribution in [0.25, 0.3) is 0 Å². The van der Waals surface area contributed by atoms with E-state index in [9.17, 15) is 4.79 Å². The lowest BCUT2D eigenvalue weighted by Crippen LogP contribution is -2.47. The molecule has 3 heterocycles. The highest BCUT2D eigenvalue weighted by atomic mass is 32.1. The van der Waals surface area contributed by atoms with Crippen molar-refractivity contribution in [2.45, 2.75) is 39.2 Å². The van der Waals surface area contributed by atoms with Crippen LogP contribution in [0.1, 0.15) is 40.9 Å².